The van der Waals surface area contributed by atoms with Crippen LogP contribution >= 0.6 is 22.7 Å². The van der Waals surface area contributed by atoms with Gasteiger partial charge in [0.2, 0.25) is 5.91 Å². The Kier molecular flexibility index (Phi) is 5.06. The molecule has 1 amide bonds. The Morgan fingerprint density at radius 1 is 1.40 bits per heavy atom. The van der Waals surface area contributed by atoms with Gasteiger partial charge in [0, 0.05) is 29.8 Å². The second kappa shape index (κ2) is 7.09. The summed E-state index contributed by atoms with van der Waals surface area (Å²) in [7, 11) is 1.81. The fourth-order valence-electron chi connectivity index (χ4n) is 2.76. The van der Waals surface area contributed by atoms with Gasteiger partial charge in [0.25, 0.3) is 5.56 Å². The molecule has 1 unspecified atom stereocenters. The van der Waals surface area contributed by atoms with Gasteiger partial charge in [0.15, 0.2) is 0 Å². The van der Waals surface area contributed by atoms with Gasteiger partial charge in [-0.05, 0) is 37.8 Å². The second-order valence-corrected chi connectivity index (χ2v) is 8.34. The van der Waals surface area contributed by atoms with Gasteiger partial charge < -0.3 is 4.90 Å². The molecule has 0 saturated carbocycles. The molecule has 0 radical (unpaired) electrons. The summed E-state index contributed by atoms with van der Waals surface area (Å²) in [6, 6.07) is 4.05. The van der Waals surface area contributed by atoms with E-state index in [4.69, 9.17) is 0 Å². The Morgan fingerprint density at radius 2 is 2.16 bits per heavy atom. The smallest absolute Gasteiger partial charge is 0.262 e. The third-order valence-electron chi connectivity index (χ3n) is 4.65. The molecule has 0 fully saturated rings. The topological polar surface area (TPSA) is 55.2 Å². The Hall–Kier alpha value is -1.99. The van der Waals surface area contributed by atoms with Gasteiger partial charge in [-0.15, -0.1) is 22.7 Å². The molecule has 0 bridgehead atoms. The molecule has 0 spiro atoms. The molecule has 0 aliphatic heterocycles. The SMILES string of the molecule is Cc1sc2ncn(CCC(=O)N(C)C(C)c3cccs3)c(=O)c2c1C. The molecule has 3 aromatic heterocycles. The summed E-state index contributed by atoms with van der Waals surface area (Å²) in [5.41, 5.74) is 0.926. The van der Waals surface area contributed by atoms with Crippen LogP contribution in [0.3, 0.4) is 0 Å². The van der Waals surface area contributed by atoms with Gasteiger partial charge in [0.1, 0.15) is 4.83 Å². The highest BCUT2D eigenvalue weighted by molar-refractivity contribution is 7.18. The summed E-state index contributed by atoms with van der Waals surface area (Å²) in [5, 5.41) is 2.69. The van der Waals surface area contributed by atoms with Crippen molar-refractivity contribution in [3.63, 3.8) is 0 Å². The number of carbonyl (C=O) groups is 1. The van der Waals surface area contributed by atoms with Gasteiger partial charge in [-0.2, -0.15) is 0 Å². The summed E-state index contributed by atoms with van der Waals surface area (Å²) in [6.07, 6.45) is 1.83. The minimum atomic E-state index is -0.0615. The Morgan fingerprint density at radius 3 is 2.84 bits per heavy atom. The average Bonchev–Trinajstić information content (AvgIpc) is 3.22. The first-order valence-corrected chi connectivity index (χ1v) is 9.84. The summed E-state index contributed by atoms with van der Waals surface area (Å²) in [6.45, 7) is 6.30. The summed E-state index contributed by atoms with van der Waals surface area (Å²) < 4.78 is 1.54. The van der Waals surface area contributed by atoms with E-state index in [0.717, 1.165) is 20.1 Å². The molecule has 0 aliphatic rings. The van der Waals surface area contributed by atoms with Gasteiger partial charge >= 0.3 is 0 Å². The first-order chi connectivity index (χ1) is 11.9. The molecule has 1 atom stereocenters. The summed E-state index contributed by atoms with van der Waals surface area (Å²) in [4.78, 5) is 34.3. The van der Waals surface area contributed by atoms with Crippen molar-refractivity contribution in [1.82, 2.24) is 14.5 Å². The maximum absolute atomic E-state index is 12.7. The Balaban J connectivity index is 1.74. The van der Waals surface area contributed by atoms with Crippen LogP contribution < -0.4 is 5.56 Å². The molecular weight excluding hydrogens is 354 g/mol. The van der Waals surface area contributed by atoms with Crippen molar-refractivity contribution in [2.45, 2.75) is 39.8 Å². The van der Waals surface area contributed by atoms with Crippen molar-refractivity contribution in [1.29, 1.82) is 0 Å². The van der Waals surface area contributed by atoms with E-state index in [1.54, 1.807) is 27.1 Å². The lowest BCUT2D eigenvalue weighted by molar-refractivity contribution is -0.132. The number of hydrogen-bond acceptors (Lipinski definition) is 5. The van der Waals surface area contributed by atoms with Crippen LogP contribution in [-0.4, -0.2) is 27.4 Å². The number of aryl methyl sites for hydroxylation is 3. The molecule has 3 aromatic rings. The third-order valence-corrected chi connectivity index (χ3v) is 6.81. The number of nitrogens with zero attached hydrogens (tertiary/aromatic N) is 3. The minimum absolute atomic E-state index is 0.0196. The van der Waals surface area contributed by atoms with Crippen molar-refractivity contribution < 1.29 is 4.79 Å². The number of hydrogen-bond donors (Lipinski definition) is 0. The Labute approximate surface area is 154 Å². The van der Waals surface area contributed by atoms with E-state index in [1.165, 1.54) is 11.3 Å². The second-order valence-electron chi connectivity index (χ2n) is 6.15. The molecule has 0 aromatic carbocycles. The molecule has 25 heavy (non-hydrogen) atoms. The van der Waals surface area contributed by atoms with Crippen molar-refractivity contribution in [3.8, 4) is 0 Å². The van der Waals surface area contributed by atoms with Crippen LogP contribution in [0.25, 0.3) is 10.2 Å². The van der Waals surface area contributed by atoms with Crippen LogP contribution in [0.5, 0.6) is 0 Å². The Bertz CT molecular complexity index is 957. The van der Waals surface area contributed by atoms with Gasteiger partial charge in [0.05, 0.1) is 17.8 Å². The average molecular weight is 376 g/mol. The van der Waals surface area contributed by atoms with Crippen LogP contribution in [0.15, 0.2) is 28.6 Å². The quantitative estimate of drug-likeness (QED) is 0.682. The van der Waals surface area contributed by atoms with E-state index in [2.05, 4.69) is 4.98 Å². The van der Waals surface area contributed by atoms with Crippen LogP contribution in [0.2, 0.25) is 0 Å². The van der Waals surface area contributed by atoms with E-state index in [-0.39, 0.29) is 23.9 Å². The van der Waals surface area contributed by atoms with Gasteiger partial charge in [-0.3, -0.25) is 14.2 Å². The van der Waals surface area contributed by atoms with Crippen LogP contribution in [0.1, 0.15) is 34.7 Å². The number of fused-ring (bicyclic) bond motifs is 1. The number of aromatic nitrogens is 2. The van der Waals surface area contributed by atoms with Crippen molar-refractivity contribution >= 4 is 38.8 Å². The monoisotopic (exact) mass is 375 g/mol. The molecule has 0 aliphatic carbocycles. The zero-order valence-electron chi connectivity index (χ0n) is 14.8. The molecule has 7 heteroatoms. The summed E-state index contributed by atoms with van der Waals surface area (Å²) >= 11 is 3.18. The molecular formula is C18H21N3O2S2. The maximum Gasteiger partial charge on any atom is 0.262 e. The zero-order chi connectivity index (χ0) is 18.1. The van der Waals surface area contributed by atoms with Crippen LogP contribution in [0, 0.1) is 13.8 Å². The standard InChI is InChI=1S/C18H21N3O2S2/c1-11-13(3)25-17-16(11)18(23)21(10-19-17)8-7-15(22)20(4)12(2)14-6-5-9-24-14/h5-6,9-10,12H,7-8H2,1-4H3. The molecule has 132 valence electrons. The van der Waals surface area contributed by atoms with E-state index in [9.17, 15) is 9.59 Å². The predicted molar refractivity (Wildman–Crippen MR) is 103 cm³/mol. The minimum Gasteiger partial charge on any atom is -0.338 e. The number of rotatable bonds is 5. The number of carbonyl (C=O) groups excluding carboxylic acids is 1. The highest BCUT2D eigenvalue weighted by atomic mass is 32.1. The molecule has 5 nitrogen and oxygen atoms in total. The molecule has 3 heterocycles. The molecule has 0 N–H and O–H groups in total. The fourth-order valence-corrected chi connectivity index (χ4v) is 4.57. The highest BCUT2D eigenvalue weighted by Gasteiger charge is 2.19. The number of thiophene rings is 2. The maximum atomic E-state index is 12.7. The number of amides is 1. The lowest BCUT2D eigenvalue weighted by Crippen LogP contribution is -2.31. The normalized spacial score (nSPS) is 12.5. The van der Waals surface area contributed by atoms with Crippen LogP contribution in [-0.2, 0) is 11.3 Å². The molecule has 3 rings (SSSR count). The van der Waals surface area contributed by atoms with Crippen molar-refractivity contribution in [3.05, 3.63) is 49.5 Å². The first kappa shape index (κ1) is 17.8. The fraction of sp³-hybridized carbons (Fsp3) is 0.389. The first-order valence-electron chi connectivity index (χ1n) is 8.14. The van der Waals surface area contributed by atoms with Crippen LogP contribution in [0.4, 0.5) is 0 Å². The lowest BCUT2D eigenvalue weighted by atomic mass is 10.2. The third kappa shape index (κ3) is 3.39. The van der Waals surface area contributed by atoms with Crippen molar-refractivity contribution in [2.75, 3.05) is 7.05 Å². The zero-order valence-corrected chi connectivity index (χ0v) is 16.4. The summed E-state index contributed by atoms with van der Waals surface area (Å²) in [5.74, 6) is 0.0196. The lowest BCUT2D eigenvalue weighted by Gasteiger charge is -2.24. The predicted octanol–water partition coefficient (Wildman–Crippen LogP) is 3.75. The highest BCUT2D eigenvalue weighted by Crippen LogP contribution is 2.26. The van der Waals surface area contributed by atoms with E-state index >= 15 is 0 Å². The van der Waals surface area contributed by atoms with E-state index < -0.39 is 0 Å². The van der Waals surface area contributed by atoms with E-state index in [0.29, 0.717) is 11.9 Å². The van der Waals surface area contributed by atoms with Gasteiger partial charge in [-0.1, -0.05) is 6.07 Å². The molecule has 0 saturated heterocycles. The largest absolute Gasteiger partial charge is 0.338 e. The van der Waals surface area contributed by atoms with Gasteiger partial charge in [-0.25, -0.2) is 4.98 Å². The van der Waals surface area contributed by atoms with E-state index in [1.807, 2.05) is 45.3 Å². The van der Waals surface area contributed by atoms with Crippen molar-refractivity contribution in [2.24, 2.45) is 0 Å².